The van der Waals surface area contributed by atoms with Crippen LogP contribution in [0.2, 0.25) is 0 Å². The van der Waals surface area contributed by atoms with E-state index in [0.717, 1.165) is 31.2 Å². The molecular formula is C22H35N5O3. The molecule has 3 fully saturated rings. The Balaban J connectivity index is 1.15. The normalized spacial score (nSPS) is 23.7. The van der Waals surface area contributed by atoms with Crippen LogP contribution in [0.5, 0.6) is 0 Å². The van der Waals surface area contributed by atoms with Crippen LogP contribution in [-0.4, -0.2) is 83.4 Å². The van der Waals surface area contributed by atoms with Crippen LogP contribution in [-0.2, 0) is 20.9 Å². The summed E-state index contributed by atoms with van der Waals surface area (Å²) in [5.41, 5.74) is 1.05. The average molecular weight is 418 g/mol. The molecule has 0 spiro atoms. The molecule has 30 heavy (non-hydrogen) atoms. The lowest BCUT2D eigenvalue weighted by Crippen LogP contribution is -2.52. The maximum absolute atomic E-state index is 12.3. The highest BCUT2D eigenvalue weighted by Crippen LogP contribution is 2.31. The molecule has 2 aliphatic heterocycles. The number of ether oxygens (including phenoxy) is 1. The van der Waals surface area contributed by atoms with Crippen molar-refractivity contribution in [2.45, 2.75) is 51.7 Å². The first-order valence-electron chi connectivity index (χ1n) is 11.4. The summed E-state index contributed by atoms with van der Waals surface area (Å²) < 4.78 is 7.49. The summed E-state index contributed by atoms with van der Waals surface area (Å²) in [5.74, 6) is 1.59. The number of aryl methyl sites for hydroxylation is 2. The number of nitrogens with zero attached hydrogens (tertiary/aromatic N) is 4. The summed E-state index contributed by atoms with van der Waals surface area (Å²) >= 11 is 0. The molecule has 1 N–H and O–H groups in total. The molecule has 1 aromatic rings. The Morgan fingerprint density at radius 3 is 2.67 bits per heavy atom. The number of morpholine rings is 1. The summed E-state index contributed by atoms with van der Waals surface area (Å²) in [6, 6.07) is 1.93. The summed E-state index contributed by atoms with van der Waals surface area (Å²) in [4.78, 5) is 29.1. The van der Waals surface area contributed by atoms with Crippen molar-refractivity contribution < 1.29 is 14.3 Å². The molecule has 2 saturated heterocycles. The van der Waals surface area contributed by atoms with Gasteiger partial charge in [0.25, 0.3) is 0 Å². The SMILES string of the molecule is Cc1ccnn1CCC(=O)NCC1CN(CC2CCN(CC3CC3)CC2)C(=O)CO1. The van der Waals surface area contributed by atoms with E-state index in [0.29, 0.717) is 32.0 Å². The van der Waals surface area contributed by atoms with Gasteiger partial charge in [-0.05, 0) is 63.6 Å². The first-order chi connectivity index (χ1) is 14.6. The minimum absolute atomic E-state index is 0.0139. The summed E-state index contributed by atoms with van der Waals surface area (Å²) in [6.07, 6.45) is 7.15. The maximum atomic E-state index is 12.3. The summed E-state index contributed by atoms with van der Waals surface area (Å²) in [6.45, 7) is 8.09. The minimum Gasteiger partial charge on any atom is -0.365 e. The highest BCUT2D eigenvalue weighted by Gasteiger charge is 2.31. The van der Waals surface area contributed by atoms with E-state index in [2.05, 4.69) is 15.3 Å². The van der Waals surface area contributed by atoms with E-state index in [9.17, 15) is 9.59 Å². The van der Waals surface area contributed by atoms with Gasteiger partial charge in [0.1, 0.15) is 6.61 Å². The van der Waals surface area contributed by atoms with Crippen molar-refractivity contribution in [3.63, 3.8) is 0 Å². The Kier molecular flexibility index (Phi) is 7.04. The summed E-state index contributed by atoms with van der Waals surface area (Å²) in [7, 11) is 0. The summed E-state index contributed by atoms with van der Waals surface area (Å²) in [5, 5.41) is 7.15. The number of amides is 2. The van der Waals surface area contributed by atoms with Gasteiger partial charge in [0.2, 0.25) is 11.8 Å². The molecule has 0 radical (unpaired) electrons. The van der Waals surface area contributed by atoms with Gasteiger partial charge in [-0.1, -0.05) is 0 Å². The molecule has 1 saturated carbocycles. The Bertz CT molecular complexity index is 724. The Morgan fingerprint density at radius 1 is 1.20 bits per heavy atom. The van der Waals surface area contributed by atoms with Gasteiger partial charge in [0.15, 0.2) is 0 Å². The van der Waals surface area contributed by atoms with Gasteiger partial charge in [-0.3, -0.25) is 14.3 Å². The van der Waals surface area contributed by atoms with Crippen molar-refractivity contribution >= 4 is 11.8 Å². The molecule has 8 heteroatoms. The number of likely N-dealkylation sites (tertiary alicyclic amines) is 1. The molecule has 0 aromatic carbocycles. The largest absolute Gasteiger partial charge is 0.365 e. The number of hydrogen-bond acceptors (Lipinski definition) is 5. The highest BCUT2D eigenvalue weighted by atomic mass is 16.5. The average Bonchev–Trinajstić information content (AvgIpc) is 3.47. The molecule has 1 atom stereocenters. The van der Waals surface area contributed by atoms with E-state index in [1.807, 2.05) is 22.6 Å². The van der Waals surface area contributed by atoms with Crippen molar-refractivity contribution in [1.29, 1.82) is 0 Å². The zero-order chi connectivity index (χ0) is 20.9. The Hall–Kier alpha value is -1.93. The molecule has 2 amide bonds. The quantitative estimate of drug-likeness (QED) is 0.650. The lowest BCUT2D eigenvalue weighted by atomic mass is 9.95. The van der Waals surface area contributed by atoms with Crippen molar-refractivity contribution in [2.75, 3.05) is 45.9 Å². The number of hydrogen-bond donors (Lipinski definition) is 1. The van der Waals surface area contributed by atoms with E-state index in [-0.39, 0.29) is 24.5 Å². The molecule has 166 valence electrons. The van der Waals surface area contributed by atoms with Gasteiger partial charge in [-0.15, -0.1) is 0 Å². The zero-order valence-electron chi connectivity index (χ0n) is 18.1. The molecule has 1 aromatic heterocycles. The molecule has 8 nitrogen and oxygen atoms in total. The van der Waals surface area contributed by atoms with Crippen LogP contribution in [0.4, 0.5) is 0 Å². The smallest absolute Gasteiger partial charge is 0.248 e. The van der Waals surface area contributed by atoms with E-state index in [4.69, 9.17) is 4.74 Å². The molecule has 1 unspecified atom stereocenters. The van der Waals surface area contributed by atoms with Crippen molar-refractivity contribution in [2.24, 2.45) is 11.8 Å². The topological polar surface area (TPSA) is 79.7 Å². The third kappa shape index (κ3) is 6.04. The Morgan fingerprint density at radius 2 is 1.97 bits per heavy atom. The fourth-order valence-electron chi connectivity index (χ4n) is 4.47. The van der Waals surface area contributed by atoms with Crippen molar-refractivity contribution in [3.05, 3.63) is 18.0 Å². The van der Waals surface area contributed by atoms with Crippen LogP contribution in [0.3, 0.4) is 0 Å². The molecular weight excluding hydrogens is 382 g/mol. The molecule has 3 aliphatic rings. The van der Waals surface area contributed by atoms with Crippen LogP contribution >= 0.6 is 0 Å². The van der Waals surface area contributed by atoms with Gasteiger partial charge < -0.3 is 19.9 Å². The molecule has 3 heterocycles. The predicted molar refractivity (Wildman–Crippen MR) is 113 cm³/mol. The maximum Gasteiger partial charge on any atom is 0.248 e. The second-order valence-corrected chi connectivity index (χ2v) is 9.17. The fraction of sp³-hybridized carbons (Fsp3) is 0.773. The van der Waals surface area contributed by atoms with Crippen LogP contribution in [0.25, 0.3) is 0 Å². The number of piperidine rings is 1. The van der Waals surface area contributed by atoms with E-state index in [1.54, 1.807) is 6.20 Å². The van der Waals surface area contributed by atoms with E-state index < -0.39 is 0 Å². The second kappa shape index (κ2) is 9.92. The molecule has 4 rings (SSSR count). The van der Waals surface area contributed by atoms with Crippen LogP contribution in [0.1, 0.15) is 37.8 Å². The molecule has 0 bridgehead atoms. The number of carbonyl (C=O) groups is 2. The number of carbonyl (C=O) groups excluding carboxylic acids is 2. The van der Waals surface area contributed by atoms with E-state index in [1.165, 1.54) is 32.2 Å². The first-order valence-corrected chi connectivity index (χ1v) is 11.4. The van der Waals surface area contributed by atoms with Gasteiger partial charge in [0.05, 0.1) is 6.10 Å². The van der Waals surface area contributed by atoms with Gasteiger partial charge >= 0.3 is 0 Å². The number of nitrogens with one attached hydrogen (secondary N) is 1. The minimum atomic E-state index is -0.131. The lowest BCUT2D eigenvalue weighted by molar-refractivity contribution is -0.150. The monoisotopic (exact) mass is 417 g/mol. The number of rotatable bonds is 9. The van der Waals surface area contributed by atoms with Crippen LogP contribution in [0, 0.1) is 18.8 Å². The Labute approximate surface area is 178 Å². The standard InChI is InChI=1S/C22H35N5O3/c1-17-4-8-24-27(17)11-7-21(28)23-12-20-15-26(22(29)16-30-20)14-19-5-9-25(10-6-19)13-18-2-3-18/h4,8,18-20H,2-3,5-7,9-16H2,1H3,(H,23,28). The van der Waals surface area contributed by atoms with E-state index >= 15 is 0 Å². The lowest BCUT2D eigenvalue weighted by Gasteiger charge is -2.38. The zero-order valence-corrected chi connectivity index (χ0v) is 18.1. The van der Waals surface area contributed by atoms with Gasteiger partial charge in [0, 0.05) is 51.0 Å². The third-order valence-electron chi connectivity index (χ3n) is 6.62. The third-order valence-corrected chi connectivity index (χ3v) is 6.62. The first kappa shape index (κ1) is 21.3. The fourth-order valence-corrected chi connectivity index (χ4v) is 4.47. The van der Waals surface area contributed by atoms with Crippen LogP contribution in [0.15, 0.2) is 12.3 Å². The molecule has 1 aliphatic carbocycles. The second-order valence-electron chi connectivity index (χ2n) is 9.17. The highest BCUT2D eigenvalue weighted by molar-refractivity contribution is 5.78. The van der Waals surface area contributed by atoms with Crippen molar-refractivity contribution in [3.8, 4) is 0 Å². The predicted octanol–water partition coefficient (Wildman–Crippen LogP) is 1.05. The van der Waals surface area contributed by atoms with Crippen LogP contribution < -0.4 is 5.32 Å². The van der Waals surface area contributed by atoms with Gasteiger partial charge in [-0.2, -0.15) is 5.10 Å². The van der Waals surface area contributed by atoms with Crippen molar-refractivity contribution in [1.82, 2.24) is 24.9 Å². The number of aromatic nitrogens is 2. The van der Waals surface area contributed by atoms with Gasteiger partial charge in [-0.25, -0.2) is 0 Å².